The van der Waals surface area contributed by atoms with Crippen molar-refractivity contribution in [2.24, 2.45) is 11.8 Å². The van der Waals surface area contributed by atoms with E-state index < -0.39 is 24.3 Å². The molecule has 19 heteroatoms. The summed E-state index contributed by atoms with van der Waals surface area (Å²) in [6.45, 7) is 11.2. The van der Waals surface area contributed by atoms with E-state index in [0.29, 0.717) is 51.0 Å². The number of amides is 4. The third-order valence-corrected chi connectivity index (χ3v) is 14.0. The highest BCUT2D eigenvalue weighted by Gasteiger charge is 2.39. The van der Waals surface area contributed by atoms with E-state index in [1.807, 2.05) is 62.2 Å². The Morgan fingerprint density at radius 2 is 1.03 bits per heavy atom. The van der Waals surface area contributed by atoms with Crippen LogP contribution in [-0.4, -0.2) is 143 Å². The number of ether oxygens (including phenoxy) is 4. The van der Waals surface area contributed by atoms with Crippen LogP contribution in [0.25, 0.3) is 50.7 Å². The van der Waals surface area contributed by atoms with Gasteiger partial charge in [-0.05, 0) is 84.0 Å². The molecule has 2 aliphatic heterocycles. The number of benzene rings is 2. The van der Waals surface area contributed by atoms with Gasteiger partial charge >= 0.3 is 12.2 Å². The number of imidazole rings is 2. The predicted molar refractivity (Wildman–Crippen MR) is 281 cm³/mol. The van der Waals surface area contributed by atoms with Crippen molar-refractivity contribution in [3.63, 3.8) is 0 Å². The Bertz CT molecular complexity index is 2670. The third kappa shape index (κ3) is 11.6. The summed E-state index contributed by atoms with van der Waals surface area (Å²) >= 11 is 0. The van der Waals surface area contributed by atoms with Crippen LogP contribution in [0, 0.1) is 11.8 Å². The molecule has 6 heterocycles. The number of pyridine rings is 1. The first-order valence-corrected chi connectivity index (χ1v) is 25.4. The normalized spacial score (nSPS) is 16.4. The van der Waals surface area contributed by atoms with Crippen molar-refractivity contribution in [1.82, 2.24) is 49.9 Å². The molecule has 2 saturated heterocycles. The summed E-state index contributed by atoms with van der Waals surface area (Å²) in [5.74, 6) is 1.63. The van der Waals surface area contributed by atoms with Gasteiger partial charge in [0, 0.05) is 40.4 Å². The van der Waals surface area contributed by atoms with Gasteiger partial charge in [0.1, 0.15) is 29.6 Å². The lowest BCUT2D eigenvalue weighted by Crippen LogP contribution is -2.51. The molecule has 4 amide bonds. The number of anilines is 1. The van der Waals surface area contributed by atoms with Gasteiger partial charge in [0.05, 0.1) is 86.6 Å². The molecule has 0 aliphatic carbocycles. The monoisotopic (exact) mass is 1010 g/mol. The van der Waals surface area contributed by atoms with E-state index in [2.05, 4.69) is 96.8 Å². The molecule has 0 radical (unpaired) electrons. The number of carbonyl (C=O) groups is 4. The van der Waals surface area contributed by atoms with Crippen molar-refractivity contribution in [2.75, 3.05) is 72.7 Å². The molecule has 0 bridgehead atoms. The Morgan fingerprint density at radius 3 is 1.41 bits per heavy atom. The molecule has 2 aromatic carbocycles. The summed E-state index contributed by atoms with van der Waals surface area (Å²) in [5.41, 5.74) is 8.29. The molecule has 2 aliphatic rings. The number of H-pyrrole nitrogens is 2. The minimum Gasteiger partial charge on any atom is -0.453 e. The Hall–Kier alpha value is -7.51. The van der Waals surface area contributed by atoms with Crippen LogP contribution in [0.3, 0.4) is 0 Å². The number of aromatic nitrogens is 6. The van der Waals surface area contributed by atoms with E-state index in [0.717, 1.165) is 82.2 Å². The van der Waals surface area contributed by atoms with Crippen LogP contribution >= 0.6 is 0 Å². The number of alkyl carbamates (subject to hydrolysis) is 2. The molecule has 4 N–H and O–H groups in total. The maximum atomic E-state index is 13.8. The number of hydrogen-bond acceptors (Lipinski definition) is 12. The fourth-order valence-corrected chi connectivity index (χ4v) is 9.94. The molecule has 6 aromatic rings. The van der Waals surface area contributed by atoms with Crippen molar-refractivity contribution in [3.8, 4) is 50.7 Å². The zero-order chi connectivity index (χ0) is 52.5. The molecular formula is C55H69N11O8. The molecule has 392 valence electrons. The SMILES string of the molecule is COCCN(CCOC)c1ccc(-n2c(-c3ccc(-c4cnc([C@@H]5CCCN5C(=O)[C@@H](NC(=O)OC)C(C)C)[nH]4)cc3)ccc2-c2ccc(-c3cnc([C@@H]4CCCN4C(=O)[C@@H](NC(=O)OC)C(C)C)[nH]3)cc2)cn1. The van der Waals surface area contributed by atoms with Gasteiger partial charge in [-0.15, -0.1) is 0 Å². The van der Waals surface area contributed by atoms with Crippen LogP contribution in [0.5, 0.6) is 0 Å². The summed E-state index contributed by atoms with van der Waals surface area (Å²) in [6.07, 6.45) is 7.39. The van der Waals surface area contributed by atoms with Gasteiger partial charge in [-0.2, -0.15) is 0 Å². The second-order valence-electron chi connectivity index (χ2n) is 19.4. The largest absolute Gasteiger partial charge is 0.453 e. The molecular weight excluding hydrogens is 943 g/mol. The fourth-order valence-electron chi connectivity index (χ4n) is 9.94. The summed E-state index contributed by atoms with van der Waals surface area (Å²) < 4.78 is 22.7. The van der Waals surface area contributed by atoms with E-state index >= 15 is 0 Å². The molecule has 4 atom stereocenters. The quantitative estimate of drug-likeness (QED) is 0.0570. The summed E-state index contributed by atoms with van der Waals surface area (Å²) in [7, 11) is 5.96. The Labute approximate surface area is 432 Å². The van der Waals surface area contributed by atoms with E-state index in [1.54, 1.807) is 14.2 Å². The van der Waals surface area contributed by atoms with Crippen LogP contribution in [0.15, 0.2) is 91.4 Å². The Balaban J connectivity index is 1.06. The molecule has 2 fully saturated rings. The smallest absolute Gasteiger partial charge is 0.407 e. The van der Waals surface area contributed by atoms with E-state index in [4.69, 9.17) is 33.9 Å². The number of carbonyl (C=O) groups excluding carboxylic acids is 4. The number of rotatable bonds is 20. The molecule has 4 aromatic heterocycles. The molecule has 19 nitrogen and oxygen atoms in total. The fraction of sp³-hybridized carbons (Fsp3) is 0.436. The Kier molecular flexibility index (Phi) is 17.1. The standard InChI is InChI=1S/C55H69N11O8/c1-34(2)48(61-54(69)73-7)52(67)64-25-9-11-45(64)50-57-32-41(59-50)36-13-17-38(18-14-36)43-22-23-44(66(43)40-21-24-47(56-31-40)63(27-29-71-5)28-30-72-6)39-19-15-37(16-20-39)42-33-58-51(60-42)46-12-10-26-65(46)53(68)49(35(3)4)62-55(70)74-8/h13-24,31-35,45-46,48-49H,9-12,25-30H2,1-8H3,(H,57,59)(H,58,60)(H,61,69)(H,62,70)/t45-,46-,48-,49-/m0/s1. The van der Waals surface area contributed by atoms with Crippen LogP contribution in [-0.2, 0) is 28.5 Å². The van der Waals surface area contributed by atoms with Gasteiger partial charge in [-0.3, -0.25) is 9.59 Å². The average Bonchev–Trinajstić information content (AvgIpc) is 4.29. The number of aromatic amines is 2. The topological polar surface area (TPSA) is 214 Å². The molecule has 0 saturated carbocycles. The van der Waals surface area contributed by atoms with Crippen LogP contribution < -0.4 is 15.5 Å². The summed E-state index contributed by atoms with van der Waals surface area (Å²) in [4.78, 5) is 79.1. The van der Waals surface area contributed by atoms with Crippen LogP contribution in [0.4, 0.5) is 15.4 Å². The highest BCUT2D eigenvalue weighted by molar-refractivity contribution is 5.87. The maximum absolute atomic E-state index is 13.8. The minimum atomic E-state index is -0.719. The van der Waals surface area contributed by atoms with Gasteiger partial charge in [0.2, 0.25) is 11.8 Å². The first-order valence-electron chi connectivity index (χ1n) is 25.4. The van der Waals surface area contributed by atoms with Crippen LogP contribution in [0.1, 0.15) is 77.1 Å². The number of likely N-dealkylation sites (tertiary alicyclic amines) is 2. The maximum Gasteiger partial charge on any atom is 0.407 e. The first-order chi connectivity index (χ1) is 35.8. The highest BCUT2D eigenvalue weighted by atomic mass is 16.5. The molecule has 8 rings (SSSR count). The van der Waals surface area contributed by atoms with E-state index in [1.165, 1.54) is 14.2 Å². The summed E-state index contributed by atoms with van der Waals surface area (Å²) in [5, 5.41) is 5.44. The zero-order valence-corrected chi connectivity index (χ0v) is 43.6. The van der Waals surface area contributed by atoms with Gasteiger partial charge in [-0.1, -0.05) is 76.2 Å². The lowest BCUT2D eigenvalue weighted by Gasteiger charge is -2.30. The zero-order valence-electron chi connectivity index (χ0n) is 43.6. The second kappa shape index (κ2) is 24.0. The molecule has 0 spiro atoms. The van der Waals surface area contributed by atoms with E-state index in [-0.39, 0.29) is 35.7 Å². The van der Waals surface area contributed by atoms with Gasteiger partial charge in [-0.25, -0.2) is 24.5 Å². The first kappa shape index (κ1) is 52.8. The van der Waals surface area contributed by atoms with E-state index in [9.17, 15) is 19.2 Å². The van der Waals surface area contributed by atoms with Crippen molar-refractivity contribution < 1.29 is 38.1 Å². The molecule has 74 heavy (non-hydrogen) atoms. The lowest BCUT2D eigenvalue weighted by atomic mass is 10.0. The number of nitrogens with one attached hydrogen (secondary N) is 4. The van der Waals surface area contributed by atoms with Gasteiger partial charge in [0.25, 0.3) is 0 Å². The van der Waals surface area contributed by atoms with Crippen molar-refractivity contribution in [2.45, 2.75) is 77.5 Å². The lowest BCUT2D eigenvalue weighted by molar-refractivity contribution is -0.136. The summed E-state index contributed by atoms with van der Waals surface area (Å²) in [6, 6.07) is 23.1. The highest BCUT2D eigenvalue weighted by Crippen LogP contribution is 2.37. The van der Waals surface area contributed by atoms with Gasteiger partial charge in [0.15, 0.2) is 0 Å². The number of hydrogen-bond donors (Lipinski definition) is 4. The average molecular weight is 1010 g/mol. The number of nitrogens with zero attached hydrogens (tertiary/aromatic N) is 7. The second-order valence-corrected chi connectivity index (χ2v) is 19.4. The van der Waals surface area contributed by atoms with Crippen molar-refractivity contribution in [1.29, 1.82) is 0 Å². The van der Waals surface area contributed by atoms with Gasteiger partial charge < -0.3 is 58.8 Å². The molecule has 0 unspecified atom stereocenters. The Morgan fingerprint density at radius 1 is 0.595 bits per heavy atom. The van der Waals surface area contributed by atoms with Crippen molar-refractivity contribution >= 4 is 29.8 Å². The van der Waals surface area contributed by atoms with Crippen molar-refractivity contribution in [3.05, 3.63) is 103 Å². The third-order valence-electron chi connectivity index (χ3n) is 14.0. The van der Waals surface area contributed by atoms with Crippen LogP contribution in [0.2, 0.25) is 0 Å². The minimum absolute atomic E-state index is 0.133. The predicted octanol–water partition coefficient (Wildman–Crippen LogP) is 8.17. The number of methoxy groups -OCH3 is 4.